The summed E-state index contributed by atoms with van der Waals surface area (Å²) in [5.41, 5.74) is 0. The molecular weight excluding hydrogens is 296 g/mol. The Hall–Kier alpha value is -1.14. The molecule has 132 valence electrons. The van der Waals surface area contributed by atoms with E-state index in [-0.39, 0.29) is 37.2 Å². The number of nitrogens with zero attached hydrogens (tertiary/aromatic N) is 1. The van der Waals surface area contributed by atoms with Gasteiger partial charge < -0.3 is 15.2 Å². The third-order valence-corrected chi connectivity index (χ3v) is 5.08. The highest BCUT2D eigenvalue weighted by molar-refractivity contribution is 5.77. The first-order valence-corrected chi connectivity index (χ1v) is 8.84. The summed E-state index contributed by atoms with van der Waals surface area (Å²) in [6.45, 7) is 5.14. The van der Waals surface area contributed by atoms with Gasteiger partial charge in [0.1, 0.15) is 6.61 Å². The van der Waals surface area contributed by atoms with Gasteiger partial charge in [0, 0.05) is 12.1 Å². The Kier molecular flexibility index (Phi) is 6.84. The lowest BCUT2D eigenvalue weighted by Gasteiger charge is -2.42. The van der Waals surface area contributed by atoms with Crippen LogP contribution in [-0.2, 0) is 14.3 Å². The fourth-order valence-electron chi connectivity index (χ4n) is 3.67. The molecule has 2 atom stereocenters. The van der Waals surface area contributed by atoms with Crippen molar-refractivity contribution in [2.24, 2.45) is 5.92 Å². The summed E-state index contributed by atoms with van der Waals surface area (Å²) in [4.78, 5) is 24.7. The lowest BCUT2D eigenvalue weighted by molar-refractivity contribution is -0.140. The molecule has 1 amide bonds. The van der Waals surface area contributed by atoms with E-state index in [0.717, 1.165) is 32.2 Å². The fourth-order valence-corrected chi connectivity index (χ4v) is 3.67. The van der Waals surface area contributed by atoms with Gasteiger partial charge in [-0.15, -0.1) is 0 Å². The molecule has 6 nitrogen and oxygen atoms in total. The van der Waals surface area contributed by atoms with Crippen molar-refractivity contribution in [3.63, 3.8) is 0 Å². The van der Waals surface area contributed by atoms with Crippen LogP contribution in [0.5, 0.6) is 0 Å². The third kappa shape index (κ3) is 5.77. The molecule has 0 saturated heterocycles. The minimum absolute atomic E-state index is 0.0482. The van der Waals surface area contributed by atoms with Crippen molar-refractivity contribution in [3.05, 3.63) is 0 Å². The van der Waals surface area contributed by atoms with Crippen molar-refractivity contribution in [2.75, 3.05) is 19.7 Å². The van der Waals surface area contributed by atoms with Gasteiger partial charge in [0.25, 0.3) is 0 Å². The summed E-state index contributed by atoms with van der Waals surface area (Å²) in [7, 11) is 0. The first kappa shape index (κ1) is 18.2. The van der Waals surface area contributed by atoms with Crippen LogP contribution in [0.1, 0.15) is 52.4 Å². The van der Waals surface area contributed by atoms with E-state index in [1.165, 1.54) is 12.8 Å². The largest absolute Gasteiger partial charge is 0.480 e. The van der Waals surface area contributed by atoms with Crippen LogP contribution in [0.3, 0.4) is 0 Å². The standard InChI is InChI=1S/C17H30N2O4/c1-3-19(10-17(21)22)14-8-13(9-14)18-16(20)11-23-15-6-4-5-12(2)7-15/h12-15H,3-11H2,1-2H3,(H,18,20)(H,21,22)/t12-,13?,14?,15+/m0/s1. The Balaban J connectivity index is 1.61. The fraction of sp³-hybridized carbons (Fsp3) is 0.882. The predicted molar refractivity (Wildman–Crippen MR) is 87.2 cm³/mol. The molecule has 6 heteroatoms. The van der Waals surface area contributed by atoms with Crippen LogP contribution in [0.4, 0.5) is 0 Å². The number of rotatable bonds is 8. The van der Waals surface area contributed by atoms with E-state index in [1.54, 1.807) is 0 Å². The Morgan fingerprint density at radius 3 is 2.61 bits per heavy atom. The van der Waals surface area contributed by atoms with Crippen molar-refractivity contribution in [1.29, 1.82) is 0 Å². The Bertz CT molecular complexity index is 409. The van der Waals surface area contributed by atoms with Crippen LogP contribution >= 0.6 is 0 Å². The van der Waals surface area contributed by atoms with E-state index in [4.69, 9.17) is 9.84 Å². The molecule has 0 aromatic carbocycles. The molecule has 0 heterocycles. The van der Waals surface area contributed by atoms with Gasteiger partial charge in [-0.2, -0.15) is 0 Å². The Labute approximate surface area is 138 Å². The zero-order valence-corrected chi connectivity index (χ0v) is 14.3. The van der Waals surface area contributed by atoms with E-state index >= 15 is 0 Å². The molecule has 0 bridgehead atoms. The van der Waals surface area contributed by atoms with Crippen molar-refractivity contribution in [3.8, 4) is 0 Å². The molecule has 0 radical (unpaired) electrons. The molecule has 0 aromatic rings. The summed E-state index contributed by atoms with van der Waals surface area (Å²) in [6, 6.07) is 0.422. The molecule has 0 aromatic heterocycles. The number of hydrogen-bond acceptors (Lipinski definition) is 4. The van der Waals surface area contributed by atoms with Crippen LogP contribution in [-0.4, -0.2) is 59.8 Å². The number of likely N-dealkylation sites (N-methyl/N-ethyl adjacent to an activating group) is 1. The van der Waals surface area contributed by atoms with Gasteiger partial charge in [-0.3, -0.25) is 14.5 Å². The lowest BCUT2D eigenvalue weighted by atomic mass is 9.85. The number of nitrogens with one attached hydrogen (secondary N) is 1. The van der Waals surface area contributed by atoms with Crippen LogP contribution in [0.25, 0.3) is 0 Å². The van der Waals surface area contributed by atoms with Gasteiger partial charge in [-0.05, 0) is 38.1 Å². The Morgan fingerprint density at radius 1 is 1.26 bits per heavy atom. The summed E-state index contributed by atoms with van der Waals surface area (Å²) >= 11 is 0. The topological polar surface area (TPSA) is 78.9 Å². The molecule has 2 saturated carbocycles. The van der Waals surface area contributed by atoms with Crippen molar-refractivity contribution < 1.29 is 19.4 Å². The van der Waals surface area contributed by atoms with E-state index in [9.17, 15) is 9.59 Å². The predicted octanol–water partition coefficient (Wildman–Crippen LogP) is 1.64. The highest BCUT2D eigenvalue weighted by Crippen LogP contribution is 2.27. The molecule has 23 heavy (non-hydrogen) atoms. The van der Waals surface area contributed by atoms with Gasteiger partial charge >= 0.3 is 5.97 Å². The number of amides is 1. The van der Waals surface area contributed by atoms with Crippen molar-refractivity contribution in [1.82, 2.24) is 10.2 Å². The number of hydrogen-bond donors (Lipinski definition) is 2. The summed E-state index contributed by atoms with van der Waals surface area (Å²) in [6.07, 6.45) is 6.45. The average molecular weight is 326 g/mol. The van der Waals surface area contributed by atoms with Crippen LogP contribution in [0.2, 0.25) is 0 Å². The van der Waals surface area contributed by atoms with Gasteiger partial charge in [-0.1, -0.05) is 26.7 Å². The highest BCUT2D eigenvalue weighted by atomic mass is 16.5. The van der Waals surface area contributed by atoms with Crippen LogP contribution < -0.4 is 5.32 Å². The van der Waals surface area contributed by atoms with E-state index in [1.807, 2.05) is 11.8 Å². The second-order valence-corrected chi connectivity index (χ2v) is 7.05. The molecular formula is C17H30N2O4. The first-order valence-electron chi connectivity index (χ1n) is 8.84. The van der Waals surface area contributed by atoms with Crippen molar-refractivity contribution >= 4 is 11.9 Å². The van der Waals surface area contributed by atoms with E-state index in [0.29, 0.717) is 5.92 Å². The maximum Gasteiger partial charge on any atom is 0.317 e. The number of ether oxygens (including phenoxy) is 1. The Morgan fingerprint density at radius 2 is 2.00 bits per heavy atom. The molecule has 2 aliphatic rings. The molecule has 2 rings (SSSR count). The number of aliphatic carboxylic acids is 1. The number of carbonyl (C=O) groups excluding carboxylic acids is 1. The number of carboxylic acids is 1. The van der Waals surface area contributed by atoms with Gasteiger partial charge in [0.15, 0.2) is 0 Å². The monoisotopic (exact) mass is 326 g/mol. The average Bonchev–Trinajstić information content (AvgIpc) is 2.46. The first-order chi connectivity index (χ1) is 11.0. The molecule has 0 unspecified atom stereocenters. The van der Waals surface area contributed by atoms with Gasteiger partial charge in [0.05, 0.1) is 12.6 Å². The maximum absolute atomic E-state index is 12.0. The van der Waals surface area contributed by atoms with Crippen LogP contribution in [0.15, 0.2) is 0 Å². The normalized spacial score (nSPS) is 30.7. The third-order valence-electron chi connectivity index (χ3n) is 5.08. The van der Waals surface area contributed by atoms with E-state index in [2.05, 4.69) is 12.2 Å². The minimum atomic E-state index is -0.797. The van der Waals surface area contributed by atoms with Gasteiger partial charge in [-0.25, -0.2) is 0 Å². The second-order valence-electron chi connectivity index (χ2n) is 7.05. The summed E-state index contributed by atoms with van der Waals surface area (Å²) in [5, 5.41) is 11.9. The SMILES string of the molecule is CCN(CC(=O)O)C1CC(NC(=O)CO[C@@H]2CCC[C@H](C)C2)C1. The number of carbonyl (C=O) groups is 2. The lowest BCUT2D eigenvalue weighted by Crippen LogP contribution is -2.55. The minimum Gasteiger partial charge on any atom is -0.480 e. The quantitative estimate of drug-likeness (QED) is 0.709. The smallest absolute Gasteiger partial charge is 0.317 e. The molecule has 2 aliphatic carbocycles. The molecule has 2 fully saturated rings. The maximum atomic E-state index is 12.0. The molecule has 0 spiro atoms. The van der Waals surface area contributed by atoms with E-state index < -0.39 is 5.97 Å². The van der Waals surface area contributed by atoms with Gasteiger partial charge in [0.2, 0.25) is 5.91 Å². The summed E-state index contributed by atoms with van der Waals surface area (Å²) < 4.78 is 5.73. The van der Waals surface area contributed by atoms with Crippen LogP contribution in [0, 0.1) is 5.92 Å². The summed E-state index contributed by atoms with van der Waals surface area (Å²) in [5.74, 6) is -0.152. The molecule has 0 aliphatic heterocycles. The zero-order valence-electron chi connectivity index (χ0n) is 14.3. The van der Waals surface area contributed by atoms with Crippen molar-refractivity contribution in [2.45, 2.75) is 70.6 Å². The zero-order chi connectivity index (χ0) is 16.8. The second kappa shape index (κ2) is 8.64. The highest BCUT2D eigenvalue weighted by Gasteiger charge is 2.34. The molecule has 2 N–H and O–H groups in total. The number of carboxylic acid groups (broad SMARTS) is 1.